The lowest BCUT2D eigenvalue weighted by Crippen LogP contribution is -2.40. The Morgan fingerprint density at radius 1 is 0.800 bits per heavy atom. The molecule has 0 N–H and O–H groups in total. The normalized spacial score (nSPS) is 14.2. The summed E-state index contributed by atoms with van der Waals surface area (Å²) in [6.07, 6.45) is 2.01. The Labute approximate surface area is 176 Å². The lowest BCUT2D eigenvalue weighted by atomic mass is 10.0. The molecule has 1 saturated heterocycles. The van der Waals surface area contributed by atoms with Crippen molar-refractivity contribution in [3.05, 3.63) is 96.2 Å². The molecule has 0 radical (unpaired) electrons. The second kappa shape index (κ2) is 8.17. The first-order valence-corrected chi connectivity index (χ1v) is 10.4. The van der Waals surface area contributed by atoms with Crippen molar-refractivity contribution < 1.29 is 9.53 Å². The van der Waals surface area contributed by atoms with E-state index < -0.39 is 0 Å². The van der Waals surface area contributed by atoms with Gasteiger partial charge in [0.1, 0.15) is 0 Å². The summed E-state index contributed by atoms with van der Waals surface area (Å²) in [7, 11) is 0. The van der Waals surface area contributed by atoms with Crippen LogP contribution in [0.1, 0.15) is 15.9 Å². The highest BCUT2D eigenvalue weighted by Crippen LogP contribution is 2.25. The average Bonchev–Trinajstić information content (AvgIpc) is 3.19. The van der Waals surface area contributed by atoms with Gasteiger partial charge in [0.25, 0.3) is 5.91 Å². The van der Waals surface area contributed by atoms with Crippen LogP contribution in [0.25, 0.3) is 22.0 Å². The zero-order valence-corrected chi connectivity index (χ0v) is 16.8. The highest BCUT2D eigenvalue weighted by Gasteiger charge is 2.22. The number of hydrogen-bond acceptors (Lipinski definition) is 2. The molecule has 0 bridgehead atoms. The van der Waals surface area contributed by atoms with Crippen molar-refractivity contribution in [2.24, 2.45) is 0 Å². The third kappa shape index (κ3) is 3.62. The number of hydrogen-bond donors (Lipinski definition) is 0. The summed E-state index contributed by atoms with van der Waals surface area (Å²) >= 11 is 0. The Morgan fingerprint density at radius 3 is 2.23 bits per heavy atom. The Morgan fingerprint density at radius 2 is 1.47 bits per heavy atom. The lowest BCUT2D eigenvalue weighted by molar-refractivity contribution is 0.0304. The zero-order valence-electron chi connectivity index (χ0n) is 16.8. The first kappa shape index (κ1) is 18.6. The number of carbonyl (C=O) groups excluding carboxylic acids is 1. The van der Waals surface area contributed by atoms with E-state index >= 15 is 0 Å². The molecular formula is C26H24N2O2. The van der Waals surface area contributed by atoms with E-state index in [0.29, 0.717) is 26.3 Å². The molecule has 4 heteroatoms. The van der Waals surface area contributed by atoms with Gasteiger partial charge in [-0.1, -0.05) is 72.8 Å². The monoisotopic (exact) mass is 396 g/mol. The Kier molecular flexibility index (Phi) is 5.08. The van der Waals surface area contributed by atoms with E-state index in [2.05, 4.69) is 59.2 Å². The van der Waals surface area contributed by atoms with Crippen LogP contribution >= 0.6 is 0 Å². The third-order valence-electron chi connectivity index (χ3n) is 5.73. The number of rotatable bonds is 4. The first-order chi connectivity index (χ1) is 14.8. The maximum Gasteiger partial charge on any atom is 0.256 e. The maximum atomic E-state index is 13.1. The Hall–Kier alpha value is -3.37. The van der Waals surface area contributed by atoms with E-state index in [1.54, 1.807) is 0 Å². The van der Waals surface area contributed by atoms with Crippen molar-refractivity contribution in [3.8, 4) is 11.1 Å². The van der Waals surface area contributed by atoms with Gasteiger partial charge in [-0.3, -0.25) is 4.79 Å². The van der Waals surface area contributed by atoms with Crippen LogP contribution in [0.3, 0.4) is 0 Å². The molecule has 0 unspecified atom stereocenters. The maximum absolute atomic E-state index is 13.1. The van der Waals surface area contributed by atoms with Crippen LogP contribution in [0.4, 0.5) is 0 Å². The largest absolute Gasteiger partial charge is 0.378 e. The fourth-order valence-electron chi connectivity index (χ4n) is 4.11. The summed E-state index contributed by atoms with van der Waals surface area (Å²) in [5.41, 5.74) is 5.49. The van der Waals surface area contributed by atoms with Gasteiger partial charge >= 0.3 is 0 Å². The van der Waals surface area contributed by atoms with Crippen molar-refractivity contribution in [3.63, 3.8) is 0 Å². The minimum Gasteiger partial charge on any atom is -0.378 e. The van der Waals surface area contributed by atoms with Crippen molar-refractivity contribution in [1.82, 2.24) is 9.47 Å². The van der Waals surface area contributed by atoms with E-state index in [1.165, 1.54) is 16.7 Å². The summed E-state index contributed by atoms with van der Waals surface area (Å²) in [5, 5.41) is 1.01. The molecule has 1 fully saturated rings. The van der Waals surface area contributed by atoms with Gasteiger partial charge in [0.15, 0.2) is 0 Å². The predicted octanol–water partition coefficient (Wildman–Crippen LogP) is 4.83. The summed E-state index contributed by atoms with van der Waals surface area (Å²) in [5.74, 6) is 0.0904. The van der Waals surface area contributed by atoms with Crippen LogP contribution < -0.4 is 0 Å². The van der Waals surface area contributed by atoms with Gasteiger partial charge in [0.05, 0.1) is 18.8 Å². The molecule has 4 nitrogen and oxygen atoms in total. The van der Waals surface area contributed by atoms with Crippen molar-refractivity contribution in [2.75, 3.05) is 26.3 Å². The Bertz CT molecular complexity index is 1160. The molecular weight excluding hydrogens is 372 g/mol. The van der Waals surface area contributed by atoms with Crippen LogP contribution in [0.2, 0.25) is 0 Å². The summed E-state index contributed by atoms with van der Waals surface area (Å²) in [4.78, 5) is 15.0. The van der Waals surface area contributed by atoms with Crippen LogP contribution in [0.5, 0.6) is 0 Å². The molecule has 0 spiro atoms. The molecule has 5 rings (SSSR count). The number of nitrogens with zero attached hydrogens (tertiary/aromatic N) is 2. The van der Waals surface area contributed by atoms with Gasteiger partial charge in [0, 0.05) is 36.7 Å². The molecule has 1 aliphatic rings. The molecule has 150 valence electrons. The lowest BCUT2D eigenvalue weighted by Gasteiger charge is -2.26. The van der Waals surface area contributed by atoms with E-state index in [9.17, 15) is 4.79 Å². The highest BCUT2D eigenvalue weighted by molar-refractivity contribution is 6.07. The standard InChI is InChI=1S/C26H24N2O2/c29-26(27-14-16-30-17-15-27)24-19-28(25-9-5-4-8-23(24)25)18-20-10-12-22(13-11-20)21-6-2-1-3-7-21/h1-13,19H,14-18H2. The number of para-hydroxylation sites is 1. The highest BCUT2D eigenvalue weighted by atomic mass is 16.5. The summed E-state index contributed by atoms with van der Waals surface area (Å²) < 4.78 is 7.58. The van der Waals surface area contributed by atoms with E-state index in [4.69, 9.17) is 4.74 Å². The zero-order chi connectivity index (χ0) is 20.3. The fraction of sp³-hybridized carbons (Fsp3) is 0.192. The number of fused-ring (bicyclic) bond motifs is 1. The minimum absolute atomic E-state index is 0.0904. The number of benzene rings is 3. The second-order valence-electron chi connectivity index (χ2n) is 7.66. The first-order valence-electron chi connectivity index (χ1n) is 10.4. The number of carbonyl (C=O) groups is 1. The van der Waals surface area contributed by atoms with Crippen LogP contribution in [-0.2, 0) is 11.3 Å². The minimum atomic E-state index is 0.0904. The predicted molar refractivity (Wildman–Crippen MR) is 120 cm³/mol. The van der Waals surface area contributed by atoms with Crippen molar-refractivity contribution >= 4 is 16.8 Å². The summed E-state index contributed by atoms with van der Waals surface area (Å²) in [6.45, 7) is 3.25. The summed E-state index contributed by atoms with van der Waals surface area (Å²) in [6, 6.07) is 27.2. The fourth-order valence-corrected chi connectivity index (χ4v) is 4.11. The van der Waals surface area contributed by atoms with E-state index in [0.717, 1.165) is 23.0 Å². The van der Waals surface area contributed by atoms with E-state index in [-0.39, 0.29) is 5.91 Å². The molecule has 0 saturated carbocycles. The van der Waals surface area contributed by atoms with Gasteiger partial charge in [-0.15, -0.1) is 0 Å². The molecule has 2 heterocycles. The topological polar surface area (TPSA) is 34.5 Å². The molecule has 1 aromatic heterocycles. The van der Waals surface area contributed by atoms with Crippen molar-refractivity contribution in [2.45, 2.75) is 6.54 Å². The molecule has 4 aromatic rings. The quantitative estimate of drug-likeness (QED) is 0.495. The van der Waals surface area contributed by atoms with Gasteiger partial charge in [-0.05, 0) is 22.8 Å². The van der Waals surface area contributed by atoms with Gasteiger partial charge < -0.3 is 14.2 Å². The number of ether oxygens (including phenoxy) is 1. The van der Waals surface area contributed by atoms with E-state index in [1.807, 2.05) is 35.4 Å². The second-order valence-corrected chi connectivity index (χ2v) is 7.66. The number of morpholine rings is 1. The van der Waals surface area contributed by atoms with Crippen LogP contribution in [-0.4, -0.2) is 41.7 Å². The smallest absolute Gasteiger partial charge is 0.256 e. The van der Waals surface area contributed by atoms with Gasteiger partial charge in [-0.2, -0.15) is 0 Å². The molecule has 3 aromatic carbocycles. The average molecular weight is 396 g/mol. The molecule has 1 amide bonds. The number of aromatic nitrogens is 1. The SMILES string of the molecule is O=C(c1cn(Cc2ccc(-c3ccccc3)cc2)c2ccccc12)N1CCOCC1. The van der Waals surface area contributed by atoms with Crippen molar-refractivity contribution in [1.29, 1.82) is 0 Å². The molecule has 0 aliphatic carbocycles. The Balaban J connectivity index is 1.44. The van der Waals surface area contributed by atoms with Gasteiger partial charge in [-0.25, -0.2) is 0 Å². The molecule has 0 atom stereocenters. The number of amides is 1. The van der Waals surface area contributed by atoms with Crippen LogP contribution in [0, 0.1) is 0 Å². The van der Waals surface area contributed by atoms with Crippen LogP contribution in [0.15, 0.2) is 85.1 Å². The van der Waals surface area contributed by atoms with Gasteiger partial charge in [0.2, 0.25) is 0 Å². The molecule has 1 aliphatic heterocycles. The third-order valence-corrected chi connectivity index (χ3v) is 5.73. The molecule has 30 heavy (non-hydrogen) atoms.